The highest BCUT2D eigenvalue weighted by molar-refractivity contribution is 7.90. The number of anilines is 1. The summed E-state index contributed by atoms with van der Waals surface area (Å²) >= 11 is 0. The number of hydrogen-bond donors (Lipinski definition) is 1. The fraction of sp³-hybridized carbons (Fsp3) is 0.419. The lowest BCUT2D eigenvalue weighted by atomic mass is 9.80. The van der Waals surface area contributed by atoms with Crippen LogP contribution in [0, 0.1) is 25.2 Å². The van der Waals surface area contributed by atoms with Gasteiger partial charge in [0.1, 0.15) is 0 Å². The molecule has 3 aromatic rings. The molecule has 0 unspecified atom stereocenters. The van der Waals surface area contributed by atoms with E-state index in [9.17, 15) is 13.2 Å². The number of carbonyl (C=O) groups excluding carboxylic acids is 1. The van der Waals surface area contributed by atoms with Gasteiger partial charge >= 0.3 is 0 Å². The summed E-state index contributed by atoms with van der Waals surface area (Å²) < 4.78 is 23.9. The number of pyridine rings is 1. The number of aromatic nitrogens is 1. The lowest BCUT2D eigenvalue weighted by molar-refractivity contribution is -0.115. The van der Waals surface area contributed by atoms with Gasteiger partial charge in [0.2, 0.25) is 5.91 Å². The summed E-state index contributed by atoms with van der Waals surface area (Å²) in [5.74, 6) is 0.245. The maximum atomic E-state index is 13.3. The van der Waals surface area contributed by atoms with Gasteiger partial charge in [0.05, 0.1) is 11.3 Å². The van der Waals surface area contributed by atoms with Crippen LogP contribution in [0.3, 0.4) is 0 Å². The fourth-order valence-electron chi connectivity index (χ4n) is 4.58. The van der Waals surface area contributed by atoms with Gasteiger partial charge in [-0.2, -0.15) is 0 Å². The van der Waals surface area contributed by atoms with Crippen molar-refractivity contribution in [1.82, 2.24) is 4.98 Å². The quantitative estimate of drug-likeness (QED) is 0.357. The van der Waals surface area contributed by atoms with Gasteiger partial charge in [-0.05, 0) is 78.5 Å². The van der Waals surface area contributed by atoms with Gasteiger partial charge in [0.25, 0.3) is 0 Å². The lowest BCUT2D eigenvalue weighted by Crippen LogP contribution is -2.20. The molecule has 5 nitrogen and oxygen atoms in total. The third-order valence-corrected chi connectivity index (χ3v) is 7.33. The summed E-state index contributed by atoms with van der Waals surface area (Å²) in [5, 5.41) is 2.90. The van der Waals surface area contributed by atoms with E-state index in [1.165, 1.54) is 23.3 Å². The Hall–Kier alpha value is -2.99. The van der Waals surface area contributed by atoms with Crippen molar-refractivity contribution >= 4 is 21.4 Å². The molecule has 0 saturated carbocycles. The predicted molar refractivity (Wildman–Crippen MR) is 153 cm³/mol. The molecule has 198 valence electrons. The topological polar surface area (TPSA) is 76.1 Å². The minimum atomic E-state index is -3.37. The van der Waals surface area contributed by atoms with Crippen LogP contribution in [0.1, 0.15) is 62.7 Å². The number of aryl methyl sites for hydroxylation is 2. The van der Waals surface area contributed by atoms with E-state index in [4.69, 9.17) is 4.98 Å². The van der Waals surface area contributed by atoms with Gasteiger partial charge in [-0.15, -0.1) is 0 Å². The van der Waals surface area contributed by atoms with Gasteiger partial charge in [0.15, 0.2) is 9.84 Å². The molecule has 1 amide bonds. The van der Waals surface area contributed by atoms with Gasteiger partial charge in [0, 0.05) is 23.3 Å². The molecule has 1 heterocycles. The number of hydrogen-bond acceptors (Lipinski definition) is 4. The molecule has 0 aliphatic heterocycles. The van der Waals surface area contributed by atoms with Crippen molar-refractivity contribution in [1.29, 1.82) is 0 Å². The molecule has 0 saturated heterocycles. The molecule has 2 aromatic carbocycles. The average Bonchev–Trinajstić information content (AvgIpc) is 2.76. The highest BCUT2D eigenvalue weighted by atomic mass is 32.2. The molecule has 0 aliphatic carbocycles. The van der Waals surface area contributed by atoms with E-state index in [-0.39, 0.29) is 22.6 Å². The van der Waals surface area contributed by atoms with Gasteiger partial charge in [-0.3, -0.25) is 9.78 Å². The lowest BCUT2D eigenvalue weighted by Gasteiger charge is -2.26. The number of nitrogens with one attached hydrogen (secondary N) is 1. The Labute approximate surface area is 222 Å². The van der Waals surface area contributed by atoms with Crippen LogP contribution in [0.4, 0.5) is 5.69 Å². The Morgan fingerprint density at radius 1 is 1.00 bits per heavy atom. The maximum absolute atomic E-state index is 13.3. The third kappa shape index (κ3) is 7.75. The minimum Gasteiger partial charge on any atom is -0.326 e. The highest BCUT2D eigenvalue weighted by Crippen LogP contribution is 2.37. The van der Waals surface area contributed by atoms with Crippen LogP contribution in [0.5, 0.6) is 0 Å². The number of rotatable bonds is 8. The van der Waals surface area contributed by atoms with E-state index in [0.717, 1.165) is 47.2 Å². The van der Waals surface area contributed by atoms with Crippen molar-refractivity contribution in [3.8, 4) is 11.1 Å². The van der Waals surface area contributed by atoms with Crippen molar-refractivity contribution in [3.05, 3.63) is 76.6 Å². The number of nitrogens with zero attached hydrogens (tertiary/aromatic N) is 1. The van der Waals surface area contributed by atoms with Crippen LogP contribution in [0.15, 0.2) is 53.4 Å². The Morgan fingerprint density at radius 2 is 1.65 bits per heavy atom. The molecule has 0 fully saturated rings. The summed E-state index contributed by atoms with van der Waals surface area (Å²) in [7, 11) is -3.37. The minimum absolute atomic E-state index is 0.0354. The molecule has 0 atom stereocenters. The second kappa shape index (κ2) is 11.2. The van der Waals surface area contributed by atoms with E-state index in [0.29, 0.717) is 11.6 Å². The van der Waals surface area contributed by atoms with Crippen LogP contribution in [0.25, 0.3) is 11.1 Å². The van der Waals surface area contributed by atoms with E-state index >= 15 is 0 Å². The first-order chi connectivity index (χ1) is 17.1. The van der Waals surface area contributed by atoms with Crippen LogP contribution in [0.2, 0.25) is 0 Å². The van der Waals surface area contributed by atoms with E-state index in [1.54, 1.807) is 12.1 Å². The average molecular weight is 521 g/mol. The second-order valence-corrected chi connectivity index (χ2v) is 13.7. The van der Waals surface area contributed by atoms with Gasteiger partial charge in [-0.25, -0.2) is 8.42 Å². The molecule has 37 heavy (non-hydrogen) atoms. The zero-order valence-electron chi connectivity index (χ0n) is 23.4. The van der Waals surface area contributed by atoms with E-state index < -0.39 is 9.84 Å². The Kier molecular flexibility index (Phi) is 8.63. The van der Waals surface area contributed by atoms with Crippen LogP contribution in [-0.2, 0) is 33.9 Å². The van der Waals surface area contributed by atoms with Crippen molar-refractivity contribution < 1.29 is 13.2 Å². The molecule has 1 N–H and O–H groups in total. The standard InChI is InChI=1S/C31H40N2O3S/c1-20(2)16-28-27(19-31(5,6)7)30(23-14-12-21(3)13-15-23)26(22(4)32-28)18-29(34)33-24-10-9-11-25(17-24)37(8,35)36/h9-15,17,20H,16,18-19H2,1-8H3,(H,33,34). The molecular weight excluding hydrogens is 480 g/mol. The molecule has 1 aromatic heterocycles. The first kappa shape index (κ1) is 28.6. The SMILES string of the molecule is Cc1ccc(-c2c(CC(=O)Nc3cccc(S(C)(=O)=O)c3)c(C)nc(CC(C)C)c2CC(C)(C)C)cc1. The summed E-state index contributed by atoms with van der Waals surface area (Å²) in [5.41, 5.74) is 7.92. The van der Waals surface area contributed by atoms with Gasteiger partial charge in [-0.1, -0.05) is 70.5 Å². The Bertz CT molecular complexity index is 1380. The van der Waals surface area contributed by atoms with Crippen molar-refractivity contribution in [2.24, 2.45) is 11.3 Å². The van der Waals surface area contributed by atoms with Crippen LogP contribution >= 0.6 is 0 Å². The third-order valence-electron chi connectivity index (χ3n) is 6.22. The van der Waals surface area contributed by atoms with Crippen molar-refractivity contribution in [2.45, 2.75) is 72.6 Å². The predicted octanol–water partition coefficient (Wildman–Crippen LogP) is 6.74. The monoisotopic (exact) mass is 520 g/mol. The summed E-state index contributed by atoms with van der Waals surface area (Å²) in [4.78, 5) is 18.5. The summed E-state index contributed by atoms with van der Waals surface area (Å²) in [6.07, 6.45) is 3.02. The Morgan fingerprint density at radius 3 is 2.22 bits per heavy atom. The Balaban J connectivity index is 2.13. The van der Waals surface area contributed by atoms with Crippen molar-refractivity contribution in [2.75, 3.05) is 11.6 Å². The second-order valence-electron chi connectivity index (χ2n) is 11.7. The molecule has 0 radical (unpaired) electrons. The first-order valence-electron chi connectivity index (χ1n) is 12.8. The zero-order chi connectivity index (χ0) is 27.5. The number of amides is 1. The van der Waals surface area contributed by atoms with Crippen LogP contribution in [-0.4, -0.2) is 25.6 Å². The molecule has 0 aliphatic rings. The molecule has 0 spiro atoms. The largest absolute Gasteiger partial charge is 0.326 e. The molecule has 0 bridgehead atoms. The number of carbonyl (C=O) groups is 1. The normalized spacial score (nSPS) is 12.1. The smallest absolute Gasteiger partial charge is 0.228 e. The zero-order valence-corrected chi connectivity index (χ0v) is 24.2. The summed E-state index contributed by atoms with van der Waals surface area (Å²) in [6, 6.07) is 14.8. The maximum Gasteiger partial charge on any atom is 0.228 e. The molecule has 6 heteroatoms. The number of benzene rings is 2. The number of sulfone groups is 1. The van der Waals surface area contributed by atoms with E-state index in [1.807, 2.05) is 6.92 Å². The highest BCUT2D eigenvalue weighted by Gasteiger charge is 2.25. The molecular formula is C31H40N2O3S. The summed E-state index contributed by atoms with van der Waals surface area (Å²) in [6.45, 7) is 15.1. The first-order valence-corrected chi connectivity index (χ1v) is 14.7. The van der Waals surface area contributed by atoms with Crippen molar-refractivity contribution in [3.63, 3.8) is 0 Å². The molecule has 3 rings (SSSR count). The van der Waals surface area contributed by atoms with Crippen LogP contribution < -0.4 is 5.32 Å². The van der Waals surface area contributed by atoms with Gasteiger partial charge < -0.3 is 5.32 Å². The van der Waals surface area contributed by atoms with E-state index in [2.05, 4.69) is 71.1 Å². The fourth-order valence-corrected chi connectivity index (χ4v) is 5.24.